The van der Waals surface area contributed by atoms with E-state index in [-0.39, 0.29) is 5.60 Å². The summed E-state index contributed by atoms with van der Waals surface area (Å²) in [5.41, 5.74) is 3.44. The quantitative estimate of drug-likeness (QED) is 0.567. The molecule has 0 aromatic carbocycles. The summed E-state index contributed by atoms with van der Waals surface area (Å²) in [6, 6.07) is 0. The van der Waals surface area contributed by atoms with Gasteiger partial charge in [0.05, 0.1) is 5.70 Å². The van der Waals surface area contributed by atoms with Crippen molar-refractivity contribution in [3.05, 3.63) is 24.7 Å². The Bertz CT molecular complexity index is 208. The average Bonchev–Trinajstić information content (AvgIpc) is 1.81. The van der Waals surface area contributed by atoms with Crippen molar-refractivity contribution in [2.45, 2.75) is 19.4 Å². The zero-order valence-electron chi connectivity index (χ0n) is 7.27. The molecule has 0 bridgehead atoms. The summed E-state index contributed by atoms with van der Waals surface area (Å²) in [5.74, 6) is 0.560. The summed E-state index contributed by atoms with van der Waals surface area (Å²) >= 11 is 0. The van der Waals surface area contributed by atoms with E-state index in [0.717, 1.165) is 5.70 Å². The van der Waals surface area contributed by atoms with Gasteiger partial charge in [-0.3, -0.25) is 10.4 Å². The fourth-order valence-corrected chi connectivity index (χ4v) is 1.05. The van der Waals surface area contributed by atoms with Crippen LogP contribution in [0.2, 0.25) is 0 Å². The third kappa shape index (κ3) is 1.31. The van der Waals surface area contributed by atoms with Gasteiger partial charge in [0.15, 0.2) is 5.88 Å². The molecule has 0 saturated carbocycles. The minimum atomic E-state index is -0.350. The molecule has 1 aliphatic rings. The lowest BCUT2D eigenvalue weighted by molar-refractivity contribution is -0.0243. The second-order valence-electron chi connectivity index (χ2n) is 3.15. The molecule has 1 aliphatic heterocycles. The van der Waals surface area contributed by atoms with Crippen molar-refractivity contribution >= 4 is 0 Å². The number of nitrogens with one attached hydrogen (secondary N) is 1. The second kappa shape index (κ2) is 2.19. The molecule has 62 valence electrons. The molecule has 1 heterocycles. The molecule has 0 aromatic heterocycles. The fourth-order valence-electron chi connectivity index (χ4n) is 1.05. The minimum absolute atomic E-state index is 0.350. The van der Waals surface area contributed by atoms with E-state index >= 15 is 0 Å². The van der Waals surface area contributed by atoms with Gasteiger partial charge in [0, 0.05) is 7.05 Å². The second-order valence-corrected chi connectivity index (χ2v) is 3.15. The van der Waals surface area contributed by atoms with Crippen molar-refractivity contribution in [1.82, 2.24) is 10.4 Å². The molecule has 1 fully saturated rings. The van der Waals surface area contributed by atoms with Gasteiger partial charge in [0.25, 0.3) is 0 Å². The number of hydrogen-bond acceptors (Lipinski definition) is 3. The predicted octanol–water partition coefficient (Wildman–Crippen LogP) is 1.22. The van der Waals surface area contributed by atoms with Crippen LogP contribution in [0.25, 0.3) is 0 Å². The van der Waals surface area contributed by atoms with Crippen LogP contribution >= 0.6 is 0 Å². The van der Waals surface area contributed by atoms with Crippen LogP contribution in [0, 0.1) is 0 Å². The summed E-state index contributed by atoms with van der Waals surface area (Å²) in [6.45, 7) is 11.5. The maximum Gasteiger partial charge on any atom is 0.199 e. The molecule has 0 amide bonds. The first kappa shape index (κ1) is 7.98. The monoisotopic (exact) mass is 154 g/mol. The first-order chi connectivity index (χ1) is 4.93. The molecule has 1 rings (SSSR count). The highest BCUT2D eigenvalue weighted by Gasteiger charge is 2.31. The Kier molecular flexibility index (Phi) is 1.59. The van der Waals surface area contributed by atoms with Crippen molar-refractivity contribution in [2.75, 3.05) is 7.05 Å². The molecule has 11 heavy (non-hydrogen) atoms. The molecular formula is C8H14N2O. The zero-order valence-corrected chi connectivity index (χ0v) is 7.27. The summed E-state index contributed by atoms with van der Waals surface area (Å²) in [5, 5.41) is 1.81. The summed E-state index contributed by atoms with van der Waals surface area (Å²) < 4.78 is 5.41. The lowest BCUT2D eigenvalue weighted by atomic mass is 10.1. The van der Waals surface area contributed by atoms with E-state index in [1.807, 2.05) is 25.9 Å². The van der Waals surface area contributed by atoms with Crippen LogP contribution in [0.15, 0.2) is 24.7 Å². The maximum atomic E-state index is 5.41. The Morgan fingerprint density at radius 1 is 1.45 bits per heavy atom. The van der Waals surface area contributed by atoms with Crippen molar-refractivity contribution < 1.29 is 4.74 Å². The molecule has 3 nitrogen and oxygen atoms in total. The van der Waals surface area contributed by atoms with Crippen molar-refractivity contribution in [1.29, 1.82) is 0 Å². The largest absolute Gasteiger partial charge is 0.466 e. The van der Waals surface area contributed by atoms with Gasteiger partial charge in [0.1, 0.15) is 5.60 Å². The maximum absolute atomic E-state index is 5.41. The molecule has 1 saturated heterocycles. The van der Waals surface area contributed by atoms with Crippen LogP contribution in [-0.2, 0) is 4.74 Å². The van der Waals surface area contributed by atoms with Gasteiger partial charge in [-0.15, -0.1) is 0 Å². The van der Waals surface area contributed by atoms with Crippen LogP contribution in [0.4, 0.5) is 0 Å². The first-order valence-electron chi connectivity index (χ1n) is 3.51. The summed E-state index contributed by atoms with van der Waals surface area (Å²) in [7, 11) is 1.89. The Hall–Kier alpha value is -1.12. The van der Waals surface area contributed by atoms with E-state index in [1.165, 1.54) is 0 Å². The van der Waals surface area contributed by atoms with Crippen molar-refractivity contribution in [3.8, 4) is 0 Å². The molecule has 0 radical (unpaired) electrons. The Balaban J connectivity index is 2.83. The molecular weight excluding hydrogens is 140 g/mol. The third-order valence-corrected chi connectivity index (χ3v) is 1.77. The third-order valence-electron chi connectivity index (χ3n) is 1.77. The van der Waals surface area contributed by atoms with E-state index in [1.54, 1.807) is 0 Å². The molecule has 0 spiro atoms. The average molecular weight is 154 g/mol. The number of nitrogens with zero attached hydrogens (tertiary/aromatic N) is 1. The molecule has 0 aromatic rings. The summed E-state index contributed by atoms with van der Waals surface area (Å²) in [6.07, 6.45) is 0. The number of hydrogen-bond donors (Lipinski definition) is 1. The van der Waals surface area contributed by atoms with E-state index in [0.29, 0.717) is 5.88 Å². The van der Waals surface area contributed by atoms with Crippen LogP contribution in [0.3, 0.4) is 0 Å². The van der Waals surface area contributed by atoms with E-state index < -0.39 is 0 Å². The minimum Gasteiger partial charge on any atom is -0.466 e. The van der Waals surface area contributed by atoms with Gasteiger partial charge in [-0.25, -0.2) is 0 Å². The van der Waals surface area contributed by atoms with Gasteiger partial charge in [-0.05, 0) is 20.4 Å². The SMILES string of the molecule is C=C1NN(C)C(=C)C(C)(C)O1. The van der Waals surface area contributed by atoms with Gasteiger partial charge >= 0.3 is 0 Å². The summed E-state index contributed by atoms with van der Waals surface area (Å²) in [4.78, 5) is 0. The normalized spacial score (nSPS) is 22.6. The highest BCUT2D eigenvalue weighted by molar-refractivity contribution is 5.12. The molecule has 0 aliphatic carbocycles. The number of rotatable bonds is 0. The number of likely N-dealkylation sites (N-methyl/N-ethyl adjacent to an activating group) is 1. The Morgan fingerprint density at radius 3 is 2.45 bits per heavy atom. The topological polar surface area (TPSA) is 24.5 Å². The smallest absolute Gasteiger partial charge is 0.199 e. The van der Waals surface area contributed by atoms with Gasteiger partial charge < -0.3 is 4.74 Å². The highest BCUT2D eigenvalue weighted by Crippen LogP contribution is 2.26. The lowest BCUT2D eigenvalue weighted by Crippen LogP contribution is -2.49. The standard InChI is InChI=1S/C8H14N2O/c1-6-8(3,4)11-7(2)9-10(6)5/h9H,1-2H2,3-5H3. The Morgan fingerprint density at radius 2 is 2.00 bits per heavy atom. The molecule has 0 atom stereocenters. The van der Waals surface area contributed by atoms with Gasteiger partial charge in [-0.2, -0.15) is 0 Å². The predicted molar refractivity (Wildman–Crippen MR) is 44.3 cm³/mol. The number of ether oxygens (including phenoxy) is 1. The van der Waals surface area contributed by atoms with Crippen LogP contribution in [-0.4, -0.2) is 17.7 Å². The fraction of sp³-hybridized carbons (Fsp3) is 0.500. The van der Waals surface area contributed by atoms with E-state index in [9.17, 15) is 0 Å². The Labute approximate surface area is 67.3 Å². The molecule has 0 unspecified atom stereocenters. The molecule has 3 heteroatoms. The van der Waals surface area contributed by atoms with Crippen LogP contribution in [0.5, 0.6) is 0 Å². The first-order valence-corrected chi connectivity index (χ1v) is 3.51. The van der Waals surface area contributed by atoms with E-state index in [4.69, 9.17) is 4.74 Å². The van der Waals surface area contributed by atoms with E-state index in [2.05, 4.69) is 18.6 Å². The lowest BCUT2D eigenvalue weighted by Gasteiger charge is -2.41. The number of hydrazine groups is 1. The highest BCUT2D eigenvalue weighted by atomic mass is 16.5. The van der Waals surface area contributed by atoms with Gasteiger partial charge in [0.2, 0.25) is 0 Å². The van der Waals surface area contributed by atoms with Crippen LogP contribution < -0.4 is 5.43 Å². The van der Waals surface area contributed by atoms with Gasteiger partial charge in [-0.1, -0.05) is 6.58 Å². The molecule has 1 N–H and O–H groups in total. The van der Waals surface area contributed by atoms with Crippen molar-refractivity contribution in [2.24, 2.45) is 0 Å². The van der Waals surface area contributed by atoms with Crippen molar-refractivity contribution in [3.63, 3.8) is 0 Å². The zero-order chi connectivity index (χ0) is 8.65. The van der Waals surface area contributed by atoms with Crippen LogP contribution in [0.1, 0.15) is 13.8 Å².